The highest BCUT2D eigenvalue weighted by Crippen LogP contribution is 2.35. The van der Waals surface area contributed by atoms with Gasteiger partial charge in [0.05, 0.1) is 11.8 Å². The molecule has 96 valence electrons. The summed E-state index contributed by atoms with van der Waals surface area (Å²) in [7, 11) is 2.00. The highest BCUT2D eigenvalue weighted by molar-refractivity contribution is 6.05. The topological polar surface area (TPSA) is 48.0 Å². The quantitative estimate of drug-likeness (QED) is 0.659. The van der Waals surface area contributed by atoms with E-state index in [0.717, 1.165) is 22.2 Å². The van der Waals surface area contributed by atoms with Crippen molar-refractivity contribution in [2.24, 2.45) is 7.05 Å². The molecule has 0 amide bonds. The third-order valence-electron chi connectivity index (χ3n) is 3.58. The van der Waals surface area contributed by atoms with Crippen molar-refractivity contribution in [1.82, 2.24) is 9.72 Å². The molecule has 0 saturated carbocycles. The third-order valence-corrected chi connectivity index (χ3v) is 3.58. The highest BCUT2D eigenvalue weighted by atomic mass is 16.5. The third kappa shape index (κ3) is 1.60. The zero-order valence-corrected chi connectivity index (χ0v) is 11.1. The molecule has 3 rings (SSSR count). The molecule has 0 N–H and O–H groups in total. The lowest BCUT2D eigenvalue weighted by Gasteiger charge is -2.00. The standard InChI is InChI=1S/C15H14N2O2/c1-9-14(15-12(10(2)18)8-16-19-15)11-6-4-5-7-13(11)17(9)3/h4-8H,1-3H3. The van der Waals surface area contributed by atoms with E-state index in [9.17, 15) is 4.79 Å². The Balaban J connectivity index is 2.40. The summed E-state index contributed by atoms with van der Waals surface area (Å²) in [6.45, 7) is 3.54. The van der Waals surface area contributed by atoms with E-state index in [1.54, 1.807) is 0 Å². The number of hydrogen-bond acceptors (Lipinski definition) is 3. The minimum atomic E-state index is -0.0383. The van der Waals surface area contributed by atoms with Gasteiger partial charge in [0.15, 0.2) is 11.5 Å². The van der Waals surface area contributed by atoms with Gasteiger partial charge in [-0.15, -0.1) is 0 Å². The van der Waals surface area contributed by atoms with Gasteiger partial charge >= 0.3 is 0 Å². The first-order chi connectivity index (χ1) is 9.11. The Morgan fingerprint density at radius 1 is 1.32 bits per heavy atom. The van der Waals surface area contributed by atoms with Crippen molar-refractivity contribution in [3.63, 3.8) is 0 Å². The number of fused-ring (bicyclic) bond motifs is 1. The summed E-state index contributed by atoms with van der Waals surface area (Å²) in [4.78, 5) is 11.6. The molecule has 0 radical (unpaired) electrons. The average Bonchev–Trinajstić information content (AvgIpc) is 2.95. The number of Topliss-reactive ketones (excluding diaryl/α,β-unsaturated/α-hetero) is 1. The van der Waals surface area contributed by atoms with Gasteiger partial charge < -0.3 is 9.09 Å². The fourth-order valence-electron chi connectivity index (χ4n) is 2.48. The average molecular weight is 254 g/mol. The molecule has 0 aliphatic heterocycles. The van der Waals surface area contributed by atoms with Gasteiger partial charge in [0.2, 0.25) is 0 Å². The Kier molecular flexibility index (Phi) is 2.52. The molecule has 1 aromatic carbocycles. The maximum absolute atomic E-state index is 11.6. The summed E-state index contributed by atoms with van der Waals surface area (Å²) in [5.41, 5.74) is 3.64. The van der Waals surface area contributed by atoms with E-state index in [0.29, 0.717) is 11.3 Å². The van der Waals surface area contributed by atoms with Crippen LogP contribution in [0.5, 0.6) is 0 Å². The van der Waals surface area contributed by atoms with Crippen LogP contribution in [0, 0.1) is 6.92 Å². The molecule has 0 fully saturated rings. The minimum Gasteiger partial charge on any atom is -0.355 e. The molecule has 2 aromatic heterocycles. The molecule has 0 unspecified atom stereocenters. The van der Waals surface area contributed by atoms with E-state index < -0.39 is 0 Å². The monoisotopic (exact) mass is 254 g/mol. The number of para-hydroxylation sites is 1. The van der Waals surface area contributed by atoms with Crippen LogP contribution in [0.4, 0.5) is 0 Å². The molecule has 0 saturated heterocycles. The van der Waals surface area contributed by atoms with Crippen LogP contribution in [0.2, 0.25) is 0 Å². The van der Waals surface area contributed by atoms with Crippen LogP contribution in [-0.2, 0) is 7.05 Å². The van der Waals surface area contributed by atoms with Crippen LogP contribution < -0.4 is 0 Å². The van der Waals surface area contributed by atoms with Gasteiger partial charge in [0.1, 0.15) is 0 Å². The lowest BCUT2D eigenvalue weighted by atomic mass is 10.0. The number of nitrogens with zero attached hydrogens (tertiary/aromatic N) is 2. The normalized spacial score (nSPS) is 11.1. The maximum atomic E-state index is 11.6. The van der Waals surface area contributed by atoms with E-state index >= 15 is 0 Å². The number of benzene rings is 1. The van der Waals surface area contributed by atoms with Crippen LogP contribution in [0.25, 0.3) is 22.2 Å². The number of ketones is 1. The largest absolute Gasteiger partial charge is 0.355 e. The molecule has 4 heteroatoms. The first-order valence-electron chi connectivity index (χ1n) is 6.11. The van der Waals surface area contributed by atoms with E-state index in [1.807, 2.05) is 32.2 Å². The predicted molar refractivity (Wildman–Crippen MR) is 73.2 cm³/mol. The van der Waals surface area contributed by atoms with Crippen molar-refractivity contribution in [3.05, 3.63) is 41.7 Å². The van der Waals surface area contributed by atoms with Gasteiger partial charge in [-0.2, -0.15) is 0 Å². The molecular formula is C15H14N2O2. The van der Waals surface area contributed by atoms with Gasteiger partial charge in [-0.05, 0) is 19.9 Å². The zero-order chi connectivity index (χ0) is 13.6. The minimum absolute atomic E-state index is 0.0383. The first kappa shape index (κ1) is 11.7. The molecule has 3 aromatic rings. The molecule has 0 aliphatic rings. The fraction of sp³-hybridized carbons (Fsp3) is 0.200. The van der Waals surface area contributed by atoms with Crippen LogP contribution in [0.3, 0.4) is 0 Å². The second-order valence-corrected chi connectivity index (χ2v) is 4.66. The smallest absolute Gasteiger partial charge is 0.180 e. The lowest BCUT2D eigenvalue weighted by Crippen LogP contribution is -1.94. The summed E-state index contributed by atoms with van der Waals surface area (Å²) in [6.07, 6.45) is 1.48. The van der Waals surface area contributed by atoms with E-state index in [4.69, 9.17) is 4.52 Å². The lowest BCUT2D eigenvalue weighted by molar-refractivity contribution is 0.101. The Bertz CT molecular complexity index is 781. The summed E-state index contributed by atoms with van der Waals surface area (Å²) in [6, 6.07) is 8.06. The second-order valence-electron chi connectivity index (χ2n) is 4.66. The maximum Gasteiger partial charge on any atom is 0.180 e. The summed E-state index contributed by atoms with van der Waals surface area (Å²) in [5, 5.41) is 4.84. The van der Waals surface area contributed by atoms with Crippen molar-refractivity contribution in [3.8, 4) is 11.3 Å². The molecule has 19 heavy (non-hydrogen) atoms. The second kappa shape index (κ2) is 4.09. The highest BCUT2D eigenvalue weighted by Gasteiger charge is 2.21. The molecule has 0 atom stereocenters. The number of carbonyl (C=O) groups excluding carboxylic acids is 1. The van der Waals surface area contributed by atoms with Gasteiger partial charge in [-0.25, -0.2) is 0 Å². The molecule has 2 heterocycles. The van der Waals surface area contributed by atoms with Crippen LogP contribution >= 0.6 is 0 Å². The van der Waals surface area contributed by atoms with Crippen LogP contribution in [-0.4, -0.2) is 15.5 Å². The van der Waals surface area contributed by atoms with Gasteiger partial charge in [0, 0.05) is 29.2 Å². The number of hydrogen-bond donors (Lipinski definition) is 0. The van der Waals surface area contributed by atoms with Crippen LogP contribution in [0.1, 0.15) is 23.0 Å². The Labute approximate surface area is 110 Å². The summed E-state index contributed by atoms with van der Waals surface area (Å²) < 4.78 is 7.42. The Morgan fingerprint density at radius 2 is 2.05 bits per heavy atom. The Morgan fingerprint density at radius 3 is 2.79 bits per heavy atom. The Hall–Kier alpha value is -2.36. The fourth-order valence-corrected chi connectivity index (χ4v) is 2.48. The summed E-state index contributed by atoms with van der Waals surface area (Å²) >= 11 is 0. The van der Waals surface area contributed by atoms with Gasteiger partial charge in [0.25, 0.3) is 0 Å². The molecule has 0 aliphatic carbocycles. The SMILES string of the molecule is CC(=O)c1cnoc1-c1c(C)n(C)c2ccccc12. The first-order valence-corrected chi connectivity index (χ1v) is 6.11. The number of aryl methyl sites for hydroxylation is 1. The molecule has 0 bridgehead atoms. The van der Waals surface area contributed by atoms with Crippen molar-refractivity contribution < 1.29 is 9.32 Å². The molecule has 0 spiro atoms. The van der Waals surface area contributed by atoms with Crippen LogP contribution in [0.15, 0.2) is 35.0 Å². The predicted octanol–water partition coefficient (Wildman–Crippen LogP) is 3.34. The van der Waals surface area contributed by atoms with Crippen molar-refractivity contribution >= 4 is 16.7 Å². The number of aromatic nitrogens is 2. The van der Waals surface area contributed by atoms with E-state index in [-0.39, 0.29) is 5.78 Å². The number of carbonyl (C=O) groups is 1. The van der Waals surface area contributed by atoms with Crippen molar-refractivity contribution in [1.29, 1.82) is 0 Å². The van der Waals surface area contributed by atoms with Crippen molar-refractivity contribution in [2.75, 3.05) is 0 Å². The molecular weight excluding hydrogens is 240 g/mol. The van der Waals surface area contributed by atoms with Gasteiger partial charge in [-0.3, -0.25) is 4.79 Å². The van der Waals surface area contributed by atoms with Gasteiger partial charge in [-0.1, -0.05) is 23.4 Å². The zero-order valence-electron chi connectivity index (χ0n) is 11.1. The van der Waals surface area contributed by atoms with Crippen molar-refractivity contribution in [2.45, 2.75) is 13.8 Å². The number of rotatable bonds is 2. The summed E-state index contributed by atoms with van der Waals surface area (Å²) in [5.74, 6) is 0.519. The molecule has 4 nitrogen and oxygen atoms in total. The van der Waals surface area contributed by atoms with E-state index in [2.05, 4.69) is 15.8 Å². The van der Waals surface area contributed by atoms with E-state index in [1.165, 1.54) is 13.1 Å².